The molecule has 6 nitrogen and oxygen atoms in total. The Kier molecular flexibility index (Phi) is 2.56. The van der Waals surface area contributed by atoms with Gasteiger partial charge in [-0.2, -0.15) is 0 Å². The Hall–Kier alpha value is -2.21. The lowest BCUT2D eigenvalue weighted by molar-refractivity contribution is 0.414. The third-order valence-electron chi connectivity index (χ3n) is 2.52. The number of nitrogens with zero attached hydrogens (tertiary/aromatic N) is 5. The SMILES string of the molecule is COc1cnccc1-c1nnc2cncc(Cl)n12. The van der Waals surface area contributed by atoms with Crippen LogP contribution in [0.3, 0.4) is 0 Å². The number of hydrogen-bond acceptors (Lipinski definition) is 5. The summed E-state index contributed by atoms with van der Waals surface area (Å²) in [5, 5.41) is 8.57. The van der Waals surface area contributed by atoms with Crippen LogP contribution < -0.4 is 4.74 Å². The van der Waals surface area contributed by atoms with E-state index in [0.717, 1.165) is 5.56 Å². The third kappa shape index (κ3) is 1.58. The highest BCUT2D eigenvalue weighted by atomic mass is 35.5. The highest BCUT2D eigenvalue weighted by molar-refractivity contribution is 6.29. The highest BCUT2D eigenvalue weighted by Crippen LogP contribution is 2.28. The van der Waals surface area contributed by atoms with Crippen LogP contribution in [0.4, 0.5) is 0 Å². The number of hydrogen-bond donors (Lipinski definition) is 0. The van der Waals surface area contributed by atoms with Crippen molar-refractivity contribution < 1.29 is 4.74 Å². The molecule has 0 saturated carbocycles. The lowest BCUT2D eigenvalue weighted by atomic mass is 10.2. The Morgan fingerprint density at radius 1 is 1.17 bits per heavy atom. The van der Waals surface area contributed by atoms with Gasteiger partial charge in [0.15, 0.2) is 11.5 Å². The summed E-state index contributed by atoms with van der Waals surface area (Å²) in [5.74, 6) is 1.20. The number of ether oxygens (including phenoxy) is 1. The molecule has 3 aromatic heterocycles. The Labute approximate surface area is 107 Å². The van der Waals surface area contributed by atoms with E-state index in [1.807, 2.05) is 0 Å². The van der Waals surface area contributed by atoms with Crippen molar-refractivity contribution >= 4 is 17.2 Å². The van der Waals surface area contributed by atoms with Crippen molar-refractivity contribution in [1.29, 1.82) is 0 Å². The van der Waals surface area contributed by atoms with Crippen molar-refractivity contribution in [3.05, 3.63) is 36.0 Å². The zero-order valence-electron chi connectivity index (χ0n) is 9.41. The van der Waals surface area contributed by atoms with Gasteiger partial charge in [-0.15, -0.1) is 10.2 Å². The van der Waals surface area contributed by atoms with Gasteiger partial charge in [-0.25, -0.2) is 0 Å². The zero-order valence-corrected chi connectivity index (χ0v) is 10.2. The maximum Gasteiger partial charge on any atom is 0.180 e. The van der Waals surface area contributed by atoms with Gasteiger partial charge in [0.1, 0.15) is 10.9 Å². The van der Waals surface area contributed by atoms with Crippen LogP contribution >= 0.6 is 11.6 Å². The predicted octanol–water partition coefficient (Wildman–Crippen LogP) is 1.85. The Morgan fingerprint density at radius 3 is 2.89 bits per heavy atom. The lowest BCUT2D eigenvalue weighted by Gasteiger charge is -2.06. The average Bonchev–Trinajstić information content (AvgIpc) is 2.84. The van der Waals surface area contributed by atoms with E-state index in [2.05, 4.69) is 20.2 Å². The first-order valence-electron chi connectivity index (χ1n) is 5.14. The molecule has 7 heteroatoms. The molecule has 0 amide bonds. The lowest BCUT2D eigenvalue weighted by Crippen LogP contribution is -1.95. The van der Waals surface area contributed by atoms with E-state index in [9.17, 15) is 0 Å². The van der Waals surface area contributed by atoms with Crippen molar-refractivity contribution in [2.24, 2.45) is 0 Å². The van der Waals surface area contributed by atoms with E-state index in [0.29, 0.717) is 22.4 Å². The Morgan fingerprint density at radius 2 is 2.06 bits per heavy atom. The van der Waals surface area contributed by atoms with Crippen LogP contribution in [0.2, 0.25) is 5.15 Å². The fourth-order valence-corrected chi connectivity index (χ4v) is 1.94. The van der Waals surface area contributed by atoms with E-state index in [-0.39, 0.29) is 0 Å². The summed E-state index contributed by atoms with van der Waals surface area (Å²) in [6.07, 6.45) is 6.41. The molecule has 0 aliphatic carbocycles. The van der Waals surface area contributed by atoms with E-state index in [1.165, 1.54) is 6.20 Å². The van der Waals surface area contributed by atoms with Crippen molar-refractivity contribution in [3.63, 3.8) is 0 Å². The molecule has 0 atom stereocenters. The van der Waals surface area contributed by atoms with Gasteiger partial charge in [0, 0.05) is 6.20 Å². The quantitative estimate of drug-likeness (QED) is 0.704. The summed E-state index contributed by atoms with van der Waals surface area (Å²) in [5.41, 5.74) is 1.35. The van der Waals surface area contributed by atoms with Gasteiger partial charge in [-0.3, -0.25) is 14.4 Å². The molecule has 0 fully saturated rings. The van der Waals surface area contributed by atoms with E-state index in [1.54, 1.807) is 36.2 Å². The second kappa shape index (κ2) is 4.23. The van der Waals surface area contributed by atoms with Crippen LogP contribution in [-0.2, 0) is 0 Å². The van der Waals surface area contributed by atoms with Crippen LogP contribution in [0.15, 0.2) is 30.9 Å². The molecule has 0 spiro atoms. The molecule has 0 N–H and O–H groups in total. The maximum absolute atomic E-state index is 6.11. The van der Waals surface area contributed by atoms with Gasteiger partial charge in [-0.05, 0) is 6.07 Å². The fraction of sp³-hybridized carbons (Fsp3) is 0.0909. The van der Waals surface area contributed by atoms with Gasteiger partial charge in [0.2, 0.25) is 0 Å². The van der Waals surface area contributed by atoms with E-state index in [4.69, 9.17) is 16.3 Å². The van der Waals surface area contributed by atoms with Crippen LogP contribution in [0.25, 0.3) is 17.0 Å². The number of halogens is 1. The van der Waals surface area contributed by atoms with Gasteiger partial charge in [0.25, 0.3) is 0 Å². The Bertz CT molecular complexity index is 711. The minimum Gasteiger partial charge on any atom is -0.494 e. The van der Waals surface area contributed by atoms with Crippen LogP contribution in [0.1, 0.15) is 0 Å². The third-order valence-corrected chi connectivity index (χ3v) is 2.78. The molecule has 0 saturated heterocycles. The molecule has 90 valence electrons. The summed E-state index contributed by atoms with van der Waals surface area (Å²) < 4.78 is 6.96. The van der Waals surface area contributed by atoms with E-state index < -0.39 is 0 Å². The van der Waals surface area contributed by atoms with Crippen molar-refractivity contribution in [2.45, 2.75) is 0 Å². The summed E-state index contributed by atoms with van der Waals surface area (Å²) >= 11 is 6.11. The molecule has 0 unspecified atom stereocenters. The predicted molar refractivity (Wildman–Crippen MR) is 65.6 cm³/mol. The molecule has 0 radical (unpaired) electrons. The first-order chi connectivity index (χ1) is 8.81. The molecule has 0 aromatic carbocycles. The van der Waals surface area contributed by atoms with Gasteiger partial charge >= 0.3 is 0 Å². The second-order valence-electron chi connectivity index (χ2n) is 3.52. The normalized spacial score (nSPS) is 10.8. The van der Waals surface area contributed by atoms with Gasteiger partial charge in [-0.1, -0.05) is 11.6 Å². The molecule has 0 aliphatic rings. The van der Waals surface area contributed by atoms with Crippen molar-refractivity contribution in [3.8, 4) is 17.1 Å². The van der Waals surface area contributed by atoms with Gasteiger partial charge < -0.3 is 4.74 Å². The molecule has 3 aromatic rings. The van der Waals surface area contributed by atoms with Crippen molar-refractivity contribution in [2.75, 3.05) is 7.11 Å². The number of aromatic nitrogens is 5. The molecule has 18 heavy (non-hydrogen) atoms. The summed E-state index contributed by atoms with van der Waals surface area (Å²) in [7, 11) is 1.58. The zero-order chi connectivity index (χ0) is 12.5. The molecule has 0 bridgehead atoms. The summed E-state index contributed by atoms with van der Waals surface area (Å²) in [6.45, 7) is 0. The summed E-state index contributed by atoms with van der Waals surface area (Å²) in [6, 6.07) is 1.80. The molecule has 3 rings (SSSR count). The number of rotatable bonds is 2. The minimum atomic E-state index is 0.436. The largest absolute Gasteiger partial charge is 0.494 e. The average molecular weight is 262 g/mol. The van der Waals surface area contributed by atoms with Crippen LogP contribution in [-0.4, -0.2) is 31.7 Å². The molecular formula is C11H8ClN5O. The highest BCUT2D eigenvalue weighted by Gasteiger charge is 2.14. The Balaban J connectivity index is 2.32. The molecule has 3 heterocycles. The first kappa shape index (κ1) is 10.9. The number of fused-ring (bicyclic) bond motifs is 1. The van der Waals surface area contributed by atoms with Crippen LogP contribution in [0.5, 0.6) is 5.75 Å². The fourth-order valence-electron chi connectivity index (χ4n) is 1.72. The smallest absolute Gasteiger partial charge is 0.180 e. The second-order valence-corrected chi connectivity index (χ2v) is 3.91. The molecule has 0 aliphatic heterocycles. The number of methoxy groups -OCH3 is 1. The minimum absolute atomic E-state index is 0.436. The monoisotopic (exact) mass is 261 g/mol. The number of pyridine rings is 1. The standard InChI is InChI=1S/C11H8ClN5O/c1-18-8-4-13-3-2-7(8)11-16-15-10-6-14-5-9(12)17(10)11/h2-6H,1H3. The van der Waals surface area contributed by atoms with E-state index >= 15 is 0 Å². The first-order valence-corrected chi connectivity index (χ1v) is 5.52. The van der Waals surface area contributed by atoms with Crippen LogP contribution in [0, 0.1) is 0 Å². The maximum atomic E-state index is 6.11. The van der Waals surface area contributed by atoms with Gasteiger partial charge in [0.05, 0.1) is 31.3 Å². The molecular weight excluding hydrogens is 254 g/mol. The van der Waals surface area contributed by atoms with Crippen molar-refractivity contribution in [1.82, 2.24) is 24.6 Å². The summed E-state index contributed by atoms with van der Waals surface area (Å²) in [4.78, 5) is 7.96. The topological polar surface area (TPSA) is 65.2 Å².